The summed E-state index contributed by atoms with van der Waals surface area (Å²) >= 11 is 1.88. The van der Waals surface area contributed by atoms with Crippen LogP contribution in [0.25, 0.3) is 80.0 Å². The second-order valence-electron chi connectivity index (χ2n) is 13.4. The standard InChI is InChI=1S/C48H30N2S/c1-2-15-36(16-3-1)50-44-25-22-38(29-43(44)48-40-17-9-8-11-32(40)19-24-45(48)50)49(37-20-18-31-10-4-5-12-33(31)26-37)39-21-23-41-42-27-34-13-6-7-14-35(34)28-46(42)51-47(41)30-39/h1-30H. The van der Waals surface area contributed by atoms with Gasteiger partial charge in [0.25, 0.3) is 0 Å². The zero-order valence-electron chi connectivity index (χ0n) is 27.6. The molecule has 0 saturated heterocycles. The average molecular weight is 667 g/mol. The molecule has 0 fully saturated rings. The van der Waals surface area contributed by atoms with E-state index in [1.807, 2.05) is 11.3 Å². The summed E-state index contributed by atoms with van der Waals surface area (Å²) in [6.07, 6.45) is 0. The zero-order chi connectivity index (χ0) is 33.5. The molecule has 238 valence electrons. The van der Waals surface area contributed by atoms with Gasteiger partial charge in [-0.1, -0.05) is 109 Å². The fourth-order valence-corrected chi connectivity index (χ4v) is 9.29. The van der Waals surface area contributed by atoms with Crippen molar-refractivity contribution in [2.24, 2.45) is 0 Å². The largest absolute Gasteiger partial charge is 0.310 e. The molecule has 0 radical (unpaired) electrons. The van der Waals surface area contributed by atoms with Gasteiger partial charge in [0.15, 0.2) is 0 Å². The molecule has 0 N–H and O–H groups in total. The zero-order valence-corrected chi connectivity index (χ0v) is 28.4. The van der Waals surface area contributed by atoms with Crippen LogP contribution in [0.15, 0.2) is 182 Å². The van der Waals surface area contributed by atoms with Gasteiger partial charge in [-0.3, -0.25) is 0 Å². The maximum atomic E-state index is 2.43. The van der Waals surface area contributed by atoms with E-state index < -0.39 is 0 Å². The third kappa shape index (κ3) is 4.42. The van der Waals surface area contributed by atoms with Crippen molar-refractivity contribution in [2.45, 2.75) is 0 Å². The van der Waals surface area contributed by atoms with E-state index in [9.17, 15) is 0 Å². The quantitative estimate of drug-likeness (QED) is 0.181. The lowest BCUT2D eigenvalue weighted by molar-refractivity contribution is 1.18. The van der Waals surface area contributed by atoms with Crippen LogP contribution in [0.5, 0.6) is 0 Å². The highest BCUT2D eigenvalue weighted by Crippen LogP contribution is 2.44. The van der Waals surface area contributed by atoms with Gasteiger partial charge in [-0.05, 0) is 105 Å². The molecule has 0 unspecified atom stereocenters. The summed E-state index contributed by atoms with van der Waals surface area (Å²) in [6, 6.07) is 66.9. The van der Waals surface area contributed by atoms with Gasteiger partial charge in [0, 0.05) is 53.7 Å². The van der Waals surface area contributed by atoms with Crippen LogP contribution in [0.2, 0.25) is 0 Å². The fraction of sp³-hybridized carbons (Fsp3) is 0. The predicted molar refractivity (Wildman–Crippen MR) is 221 cm³/mol. The Hall–Kier alpha value is -6.42. The second kappa shape index (κ2) is 11.0. The molecule has 2 aromatic heterocycles. The first-order valence-electron chi connectivity index (χ1n) is 17.4. The number of thiophene rings is 1. The van der Waals surface area contributed by atoms with Crippen molar-refractivity contribution in [3.8, 4) is 5.69 Å². The Morgan fingerprint density at radius 2 is 0.941 bits per heavy atom. The van der Waals surface area contributed by atoms with E-state index in [0.717, 1.165) is 22.7 Å². The van der Waals surface area contributed by atoms with Crippen molar-refractivity contribution >= 4 is 103 Å². The number of hydrogen-bond donors (Lipinski definition) is 0. The van der Waals surface area contributed by atoms with E-state index in [4.69, 9.17) is 0 Å². The molecule has 0 amide bonds. The van der Waals surface area contributed by atoms with Gasteiger partial charge in [-0.25, -0.2) is 0 Å². The van der Waals surface area contributed by atoms with Gasteiger partial charge < -0.3 is 9.47 Å². The van der Waals surface area contributed by atoms with E-state index >= 15 is 0 Å². The Balaban J connectivity index is 1.18. The first-order valence-corrected chi connectivity index (χ1v) is 18.2. The molecule has 0 aliphatic rings. The molecule has 0 aliphatic carbocycles. The van der Waals surface area contributed by atoms with Gasteiger partial charge >= 0.3 is 0 Å². The number of rotatable bonds is 4. The minimum atomic E-state index is 1.13. The number of anilines is 3. The summed E-state index contributed by atoms with van der Waals surface area (Å²) < 4.78 is 5.02. The van der Waals surface area contributed by atoms with Crippen LogP contribution in [0, 0.1) is 0 Å². The molecular weight excluding hydrogens is 637 g/mol. The molecule has 0 spiro atoms. The van der Waals surface area contributed by atoms with Crippen LogP contribution in [-0.2, 0) is 0 Å². The number of hydrogen-bond acceptors (Lipinski definition) is 2. The van der Waals surface area contributed by atoms with Crippen LogP contribution >= 0.6 is 11.3 Å². The molecule has 11 aromatic rings. The normalized spacial score (nSPS) is 11.9. The number of benzene rings is 9. The summed E-state index contributed by atoms with van der Waals surface area (Å²) in [6.45, 7) is 0. The van der Waals surface area contributed by atoms with Crippen molar-refractivity contribution in [1.29, 1.82) is 0 Å². The van der Waals surface area contributed by atoms with Crippen LogP contribution in [-0.4, -0.2) is 4.57 Å². The molecule has 0 aliphatic heterocycles. The van der Waals surface area contributed by atoms with Crippen molar-refractivity contribution in [3.05, 3.63) is 182 Å². The minimum Gasteiger partial charge on any atom is -0.310 e. The topological polar surface area (TPSA) is 8.17 Å². The Morgan fingerprint density at radius 1 is 0.353 bits per heavy atom. The van der Waals surface area contributed by atoms with Crippen molar-refractivity contribution in [2.75, 3.05) is 4.90 Å². The fourth-order valence-electron chi connectivity index (χ4n) is 8.13. The molecule has 9 aromatic carbocycles. The summed E-state index contributed by atoms with van der Waals surface area (Å²) in [5.41, 5.74) is 6.98. The smallest absolute Gasteiger partial charge is 0.0547 e. The average Bonchev–Trinajstić information content (AvgIpc) is 3.72. The van der Waals surface area contributed by atoms with Gasteiger partial charge in [-0.15, -0.1) is 11.3 Å². The predicted octanol–water partition coefficient (Wildman–Crippen LogP) is 14.1. The van der Waals surface area contributed by atoms with Crippen molar-refractivity contribution < 1.29 is 0 Å². The van der Waals surface area contributed by atoms with E-state index in [1.54, 1.807) is 0 Å². The summed E-state index contributed by atoms with van der Waals surface area (Å²) in [7, 11) is 0. The maximum absolute atomic E-state index is 2.43. The van der Waals surface area contributed by atoms with Gasteiger partial charge in [0.05, 0.1) is 11.0 Å². The number of para-hydroxylation sites is 1. The molecule has 2 heterocycles. The second-order valence-corrected chi connectivity index (χ2v) is 14.5. The van der Waals surface area contributed by atoms with Crippen LogP contribution in [0.1, 0.15) is 0 Å². The monoisotopic (exact) mass is 666 g/mol. The van der Waals surface area contributed by atoms with E-state index in [1.165, 1.54) is 74.3 Å². The third-order valence-electron chi connectivity index (χ3n) is 10.5. The Morgan fingerprint density at radius 3 is 1.78 bits per heavy atom. The van der Waals surface area contributed by atoms with E-state index in [-0.39, 0.29) is 0 Å². The highest BCUT2D eigenvalue weighted by molar-refractivity contribution is 7.25. The molecule has 51 heavy (non-hydrogen) atoms. The van der Waals surface area contributed by atoms with E-state index in [2.05, 4.69) is 191 Å². The molecule has 0 saturated carbocycles. The Bertz CT molecular complexity index is 3150. The highest BCUT2D eigenvalue weighted by Gasteiger charge is 2.20. The summed E-state index contributed by atoms with van der Waals surface area (Å²) in [5, 5.41) is 12.7. The minimum absolute atomic E-state index is 1.13. The lowest BCUT2D eigenvalue weighted by Gasteiger charge is -2.26. The number of aromatic nitrogens is 1. The number of fused-ring (bicyclic) bond motifs is 10. The van der Waals surface area contributed by atoms with E-state index in [0.29, 0.717) is 0 Å². The molecule has 11 rings (SSSR count). The Labute approximate surface area is 298 Å². The van der Waals surface area contributed by atoms with Crippen LogP contribution < -0.4 is 4.90 Å². The lowest BCUT2D eigenvalue weighted by atomic mass is 10.0. The SMILES string of the molecule is c1ccc(-n2c3ccc(N(c4ccc5ccccc5c4)c4ccc5c(c4)sc4cc6ccccc6cc45)cc3c3c4ccccc4ccc32)cc1. The first-order chi connectivity index (χ1) is 25.3. The van der Waals surface area contributed by atoms with Crippen LogP contribution in [0.3, 0.4) is 0 Å². The summed E-state index contributed by atoms with van der Waals surface area (Å²) in [4.78, 5) is 2.43. The molecule has 2 nitrogen and oxygen atoms in total. The molecule has 3 heteroatoms. The number of nitrogens with zero attached hydrogens (tertiary/aromatic N) is 2. The molecule has 0 bridgehead atoms. The van der Waals surface area contributed by atoms with Gasteiger partial charge in [0.2, 0.25) is 0 Å². The van der Waals surface area contributed by atoms with Crippen LogP contribution in [0.4, 0.5) is 17.1 Å². The molecular formula is C48H30N2S. The Kier molecular flexibility index (Phi) is 6.16. The summed E-state index contributed by atoms with van der Waals surface area (Å²) in [5.74, 6) is 0. The van der Waals surface area contributed by atoms with Gasteiger partial charge in [0.1, 0.15) is 0 Å². The first kappa shape index (κ1) is 28.4. The maximum Gasteiger partial charge on any atom is 0.0547 e. The lowest BCUT2D eigenvalue weighted by Crippen LogP contribution is -2.09. The van der Waals surface area contributed by atoms with Crippen molar-refractivity contribution in [1.82, 2.24) is 4.57 Å². The van der Waals surface area contributed by atoms with Gasteiger partial charge in [-0.2, -0.15) is 0 Å². The highest BCUT2D eigenvalue weighted by atomic mass is 32.1. The third-order valence-corrected chi connectivity index (χ3v) is 11.6. The molecule has 0 atom stereocenters. The van der Waals surface area contributed by atoms with Crippen molar-refractivity contribution in [3.63, 3.8) is 0 Å².